The third kappa shape index (κ3) is 3.28. The number of fused-ring (bicyclic) bond motifs is 1. The second-order valence-corrected chi connectivity index (χ2v) is 6.55. The molecule has 0 spiro atoms. The lowest BCUT2D eigenvalue weighted by molar-refractivity contribution is -0.0506. The van der Waals surface area contributed by atoms with Crippen LogP contribution in [0.4, 0.5) is 5.82 Å². The van der Waals surface area contributed by atoms with Crippen LogP contribution in [0.15, 0.2) is 12.9 Å². The molecule has 2 aromatic heterocycles. The highest BCUT2D eigenvalue weighted by Gasteiger charge is 2.45. The molecule has 1 aliphatic rings. The van der Waals surface area contributed by atoms with Gasteiger partial charge < -0.3 is 30.5 Å². The Labute approximate surface area is 140 Å². The van der Waals surface area contributed by atoms with E-state index in [9.17, 15) is 14.8 Å². The van der Waals surface area contributed by atoms with Gasteiger partial charge in [0.2, 0.25) is 0 Å². The van der Waals surface area contributed by atoms with Gasteiger partial charge in [-0.1, -0.05) is 6.58 Å². The Kier molecular flexibility index (Phi) is 4.60. The van der Waals surface area contributed by atoms with Gasteiger partial charge in [0.05, 0.1) is 6.61 Å². The van der Waals surface area contributed by atoms with Gasteiger partial charge >= 0.3 is 7.82 Å². The molecule has 0 radical (unpaired) electrons. The van der Waals surface area contributed by atoms with Crippen molar-refractivity contribution in [2.24, 2.45) is 0 Å². The number of phosphoric ester groups is 1. The summed E-state index contributed by atoms with van der Waals surface area (Å²) in [6, 6.07) is 0. The lowest BCUT2D eigenvalue weighted by Gasteiger charge is -2.18. The molecule has 0 unspecified atom stereocenters. The van der Waals surface area contributed by atoms with Crippen molar-refractivity contribution in [1.82, 2.24) is 19.5 Å². The number of imidazole rings is 1. The Morgan fingerprint density at radius 1 is 1.40 bits per heavy atom. The molecular formula is C12H16N5O7P. The van der Waals surface area contributed by atoms with Crippen molar-refractivity contribution in [3.8, 4) is 0 Å². The summed E-state index contributed by atoms with van der Waals surface area (Å²) in [5.74, 6) is 0.372. The van der Waals surface area contributed by atoms with Crippen LogP contribution >= 0.6 is 7.82 Å². The van der Waals surface area contributed by atoms with E-state index in [1.807, 2.05) is 0 Å². The molecule has 2 aromatic rings. The average Bonchev–Trinajstić information content (AvgIpc) is 3.05. The van der Waals surface area contributed by atoms with Crippen molar-refractivity contribution in [2.45, 2.75) is 24.5 Å². The quantitative estimate of drug-likeness (QED) is 0.395. The molecule has 1 saturated heterocycles. The van der Waals surface area contributed by atoms with Gasteiger partial charge in [0, 0.05) is 0 Å². The number of nitrogen functional groups attached to an aromatic ring is 1. The van der Waals surface area contributed by atoms with Crippen LogP contribution in [0.25, 0.3) is 17.2 Å². The first-order valence-electron chi connectivity index (χ1n) is 7.05. The van der Waals surface area contributed by atoms with Crippen LogP contribution in [0.2, 0.25) is 0 Å². The molecule has 1 aliphatic heterocycles. The lowest BCUT2D eigenvalue weighted by Crippen LogP contribution is -2.33. The molecule has 1 fully saturated rings. The minimum absolute atomic E-state index is 0.112. The highest BCUT2D eigenvalue weighted by atomic mass is 31.2. The molecular weight excluding hydrogens is 357 g/mol. The maximum absolute atomic E-state index is 10.8. The van der Waals surface area contributed by atoms with E-state index < -0.39 is 39.0 Å². The van der Waals surface area contributed by atoms with E-state index in [0.717, 1.165) is 0 Å². The normalized spacial score (nSPS) is 27.0. The minimum atomic E-state index is -4.75. The summed E-state index contributed by atoms with van der Waals surface area (Å²) in [6.45, 7) is 3.00. The van der Waals surface area contributed by atoms with Gasteiger partial charge in [0.1, 0.15) is 30.5 Å². The number of aromatic nitrogens is 4. The van der Waals surface area contributed by atoms with Gasteiger partial charge in [-0.2, -0.15) is 0 Å². The van der Waals surface area contributed by atoms with Gasteiger partial charge in [0.15, 0.2) is 23.2 Å². The first kappa shape index (κ1) is 17.9. The van der Waals surface area contributed by atoms with Crippen molar-refractivity contribution in [3.63, 3.8) is 0 Å². The third-order valence-electron chi connectivity index (χ3n) is 3.71. The summed E-state index contributed by atoms with van der Waals surface area (Å²) in [5, 5.41) is 20.4. The van der Waals surface area contributed by atoms with Crippen LogP contribution in [0.3, 0.4) is 0 Å². The first-order valence-corrected chi connectivity index (χ1v) is 8.58. The Morgan fingerprint density at radius 2 is 2.12 bits per heavy atom. The van der Waals surface area contributed by atoms with E-state index in [1.165, 1.54) is 17.0 Å². The largest absolute Gasteiger partial charge is 0.469 e. The van der Waals surface area contributed by atoms with E-state index in [0.29, 0.717) is 0 Å². The maximum Gasteiger partial charge on any atom is 0.469 e. The number of nitrogens with zero attached hydrogens (tertiary/aromatic N) is 4. The Bertz CT molecular complexity index is 852. The first-order chi connectivity index (χ1) is 11.7. The van der Waals surface area contributed by atoms with Crippen LogP contribution in [0.1, 0.15) is 12.1 Å². The minimum Gasteiger partial charge on any atom is -0.387 e. The SMILES string of the molecule is C=Cc1nc2c(N)ncnc2n1[C@@H]1O[C@H](COP(=O)(O)O)[C@@H](O)[C@H]1O. The molecule has 0 aliphatic carbocycles. The second-order valence-electron chi connectivity index (χ2n) is 5.31. The van der Waals surface area contributed by atoms with Crippen LogP contribution in [-0.2, 0) is 13.8 Å². The standard InChI is InChI=1S/C12H16N5O7P/c1-2-6-16-7-10(13)14-4-15-11(7)17(6)12-9(19)8(18)5(24-12)3-23-25(20,21)22/h2,4-5,8-9,12,18-19H,1,3H2,(H2,13,14,15)(H2,20,21,22)/t5-,8-,9-,12-/m1/s1. The Morgan fingerprint density at radius 3 is 2.76 bits per heavy atom. The van der Waals surface area contributed by atoms with Crippen molar-refractivity contribution >= 4 is 30.9 Å². The van der Waals surface area contributed by atoms with Crippen LogP contribution < -0.4 is 5.73 Å². The fourth-order valence-electron chi connectivity index (χ4n) is 2.59. The second kappa shape index (κ2) is 6.42. The predicted molar refractivity (Wildman–Crippen MR) is 83.7 cm³/mol. The molecule has 12 nitrogen and oxygen atoms in total. The van der Waals surface area contributed by atoms with Crippen molar-refractivity contribution in [1.29, 1.82) is 0 Å². The summed E-state index contributed by atoms with van der Waals surface area (Å²) in [4.78, 5) is 29.6. The van der Waals surface area contributed by atoms with Gasteiger partial charge in [-0.05, 0) is 6.08 Å². The van der Waals surface area contributed by atoms with Crippen LogP contribution in [0.5, 0.6) is 0 Å². The number of aliphatic hydroxyl groups excluding tert-OH is 2. The molecule has 0 amide bonds. The zero-order valence-corrected chi connectivity index (χ0v) is 13.6. The molecule has 3 rings (SSSR count). The number of hydrogen-bond donors (Lipinski definition) is 5. The number of anilines is 1. The molecule has 25 heavy (non-hydrogen) atoms. The lowest BCUT2D eigenvalue weighted by atomic mass is 10.1. The van der Waals surface area contributed by atoms with E-state index in [2.05, 4.69) is 26.1 Å². The fourth-order valence-corrected chi connectivity index (χ4v) is 2.93. The molecule has 6 N–H and O–H groups in total. The summed E-state index contributed by atoms with van der Waals surface area (Å²) in [7, 11) is -4.75. The van der Waals surface area contributed by atoms with Crippen molar-refractivity contribution in [3.05, 3.63) is 18.7 Å². The van der Waals surface area contributed by atoms with E-state index in [-0.39, 0.29) is 22.8 Å². The van der Waals surface area contributed by atoms with Crippen LogP contribution in [0, 0.1) is 0 Å². The fraction of sp³-hybridized carbons (Fsp3) is 0.417. The number of phosphoric acid groups is 1. The molecule has 3 heterocycles. The smallest absolute Gasteiger partial charge is 0.387 e. The summed E-state index contributed by atoms with van der Waals surface area (Å²) in [6.07, 6.45) is -2.63. The van der Waals surface area contributed by atoms with Crippen molar-refractivity contribution in [2.75, 3.05) is 12.3 Å². The molecule has 136 valence electrons. The van der Waals surface area contributed by atoms with Gasteiger partial charge in [-0.25, -0.2) is 19.5 Å². The zero-order chi connectivity index (χ0) is 18.4. The van der Waals surface area contributed by atoms with E-state index >= 15 is 0 Å². The monoisotopic (exact) mass is 373 g/mol. The molecule has 0 aromatic carbocycles. The topological polar surface area (TPSA) is 186 Å². The highest BCUT2D eigenvalue weighted by Crippen LogP contribution is 2.39. The number of nitrogens with two attached hydrogens (primary N) is 1. The molecule has 4 atom stereocenters. The third-order valence-corrected chi connectivity index (χ3v) is 4.20. The molecule has 0 bridgehead atoms. The van der Waals surface area contributed by atoms with E-state index in [4.69, 9.17) is 20.3 Å². The van der Waals surface area contributed by atoms with Gasteiger partial charge in [-0.15, -0.1) is 0 Å². The number of hydrogen-bond acceptors (Lipinski definition) is 9. The number of aliphatic hydroxyl groups is 2. The van der Waals surface area contributed by atoms with Crippen LogP contribution in [-0.4, -0.2) is 64.4 Å². The summed E-state index contributed by atoms with van der Waals surface area (Å²) < 4.78 is 22.0. The molecule has 0 saturated carbocycles. The average molecular weight is 373 g/mol. The summed E-state index contributed by atoms with van der Waals surface area (Å²) >= 11 is 0. The Balaban J connectivity index is 1.97. The van der Waals surface area contributed by atoms with Gasteiger partial charge in [0.25, 0.3) is 0 Å². The maximum atomic E-state index is 10.8. The highest BCUT2D eigenvalue weighted by molar-refractivity contribution is 7.46. The van der Waals surface area contributed by atoms with Gasteiger partial charge in [-0.3, -0.25) is 9.09 Å². The van der Waals surface area contributed by atoms with Crippen molar-refractivity contribution < 1.29 is 33.8 Å². The Hall–Kier alpha value is -1.92. The number of ether oxygens (including phenoxy) is 1. The predicted octanol–water partition coefficient (Wildman–Crippen LogP) is -1.22. The zero-order valence-electron chi connectivity index (χ0n) is 12.7. The molecule has 13 heteroatoms. The van der Waals surface area contributed by atoms with E-state index in [1.54, 1.807) is 0 Å². The number of rotatable bonds is 5. The summed E-state index contributed by atoms with van der Waals surface area (Å²) in [5.41, 5.74) is 6.26.